The first kappa shape index (κ1) is 46.3. The molecule has 1 N–H and O–H groups in total. The van der Waals surface area contributed by atoms with Gasteiger partial charge in [-0.25, -0.2) is 4.79 Å². The zero-order valence-electron chi connectivity index (χ0n) is 32.8. The highest BCUT2D eigenvalue weighted by Gasteiger charge is 2.43. The number of nitro groups is 1. The van der Waals surface area contributed by atoms with Gasteiger partial charge in [0, 0.05) is 62.1 Å². The van der Waals surface area contributed by atoms with E-state index in [0.717, 1.165) is 0 Å². The number of anilines is 1. The summed E-state index contributed by atoms with van der Waals surface area (Å²) in [5.74, 6) is 1.51. The lowest BCUT2D eigenvalue weighted by Crippen LogP contribution is -2.52. The third-order valence-electron chi connectivity index (χ3n) is 8.87. The molecule has 2 aromatic carbocycles. The largest absolute Gasteiger partial charge is 0.514 e. The molecule has 1 saturated heterocycles. The van der Waals surface area contributed by atoms with E-state index in [1.165, 1.54) is 37.3 Å². The summed E-state index contributed by atoms with van der Waals surface area (Å²) in [6, 6.07) is 9.49. The molecule has 1 fully saturated rings. The number of terminal acetylenes is 1. The predicted molar refractivity (Wildman–Crippen MR) is 203 cm³/mol. The molecular formula is C40H52N2O15. The van der Waals surface area contributed by atoms with Crippen molar-refractivity contribution in [1.82, 2.24) is 0 Å². The smallest absolute Gasteiger partial charge is 0.460 e. The summed E-state index contributed by atoms with van der Waals surface area (Å²) < 4.78 is 49.8. The third kappa shape index (κ3) is 17.3. The zero-order valence-corrected chi connectivity index (χ0v) is 32.8. The second kappa shape index (κ2) is 25.2. The molecule has 2 aromatic rings. The third-order valence-corrected chi connectivity index (χ3v) is 8.87. The lowest BCUT2D eigenvalue weighted by molar-refractivity contribution is -0.384. The summed E-state index contributed by atoms with van der Waals surface area (Å²) in [5, 5.41) is 13.7. The van der Waals surface area contributed by atoms with Crippen LogP contribution in [0.2, 0.25) is 0 Å². The maximum atomic E-state index is 12.8. The molecule has 1 aliphatic rings. The molecule has 0 saturated carbocycles. The number of ether oxygens (including phenoxy) is 9. The number of nitrogens with zero attached hydrogens (tertiary/aromatic N) is 1. The summed E-state index contributed by atoms with van der Waals surface area (Å²) in [5.41, 5.74) is 0.446. The van der Waals surface area contributed by atoms with Gasteiger partial charge in [0.25, 0.3) is 5.69 Å². The first-order valence-electron chi connectivity index (χ1n) is 18.6. The average molecular weight is 801 g/mol. The predicted octanol–water partition coefficient (Wildman–Crippen LogP) is 5.41. The molecule has 2 unspecified atom stereocenters. The Morgan fingerprint density at radius 3 is 2.14 bits per heavy atom. The maximum Gasteiger partial charge on any atom is 0.514 e. The van der Waals surface area contributed by atoms with Crippen molar-refractivity contribution in [3.05, 3.63) is 58.1 Å². The van der Waals surface area contributed by atoms with Crippen LogP contribution in [-0.4, -0.2) is 100 Å². The number of benzene rings is 2. The van der Waals surface area contributed by atoms with Crippen LogP contribution in [0.3, 0.4) is 0 Å². The molecule has 57 heavy (non-hydrogen) atoms. The van der Waals surface area contributed by atoms with Gasteiger partial charge in [-0.05, 0) is 49.6 Å². The van der Waals surface area contributed by atoms with Crippen molar-refractivity contribution in [3.63, 3.8) is 0 Å². The van der Waals surface area contributed by atoms with Crippen LogP contribution in [0.15, 0.2) is 42.5 Å². The summed E-state index contributed by atoms with van der Waals surface area (Å²) in [6.45, 7) is 9.79. The fourth-order valence-electron chi connectivity index (χ4n) is 5.51. The van der Waals surface area contributed by atoms with Gasteiger partial charge in [0.05, 0.1) is 50.7 Å². The molecule has 0 aliphatic carbocycles. The van der Waals surface area contributed by atoms with Crippen molar-refractivity contribution in [2.75, 3.05) is 58.2 Å². The number of carbonyl (C=O) groups is 4. The first-order valence-corrected chi connectivity index (χ1v) is 18.6. The van der Waals surface area contributed by atoms with Gasteiger partial charge in [-0.1, -0.05) is 19.8 Å². The number of hydrogen-bond donors (Lipinski definition) is 1. The number of amides is 1. The zero-order chi connectivity index (χ0) is 41.6. The molecule has 1 aliphatic heterocycles. The van der Waals surface area contributed by atoms with E-state index in [1.807, 2.05) is 20.8 Å². The minimum Gasteiger partial charge on any atom is -0.460 e. The summed E-state index contributed by atoms with van der Waals surface area (Å²) in [7, 11) is 0. The van der Waals surface area contributed by atoms with Crippen molar-refractivity contribution >= 4 is 35.2 Å². The monoisotopic (exact) mass is 800 g/mol. The number of rotatable bonds is 25. The van der Waals surface area contributed by atoms with Crippen LogP contribution in [0.1, 0.15) is 58.9 Å². The fraction of sp³-hybridized carbons (Fsp3) is 0.550. The number of nitro benzene ring substituents is 1. The molecule has 0 bridgehead atoms. The van der Waals surface area contributed by atoms with E-state index in [0.29, 0.717) is 63.9 Å². The van der Waals surface area contributed by atoms with Crippen LogP contribution in [-0.2, 0) is 54.1 Å². The number of hydrogen-bond acceptors (Lipinski definition) is 15. The number of non-ortho nitro benzene ring substituents is 1. The normalized spacial score (nSPS) is 18.8. The Hall–Kier alpha value is -5.12. The molecule has 1 amide bonds. The summed E-state index contributed by atoms with van der Waals surface area (Å²) in [6.07, 6.45) is 2.70. The topological polar surface area (TPSA) is 207 Å². The maximum absolute atomic E-state index is 12.8. The van der Waals surface area contributed by atoms with E-state index in [-0.39, 0.29) is 73.4 Å². The van der Waals surface area contributed by atoms with E-state index >= 15 is 0 Å². The van der Waals surface area contributed by atoms with Crippen LogP contribution >= 0.6 is 0 Å². The Morgan fingerprint density at radius 2 is 1.51 bits per heavy atom. The van der Waals surface area contributed by atoms with Gasteiger partial charge in [0.15, 0.2) is 6.10 Å². The standard InChI is InChI=1S/C40H52N2O15/c1-6-17-49-19-21-51-23-24-52-22-20-50-18-7-8-34(44)12-16-37(45)41-32-9-15-36(57-39-38(55-30(5)43)28(3)27(2)29(4)54-39)31(25-32)26-53-40(46)56-35-13-10-33(11-14-35)42(47)48/h1,9-11,13-15,25,27-29,38-39H,7-8,12,16-24,26H2,2-5H3,(H,41,45)/t27-,28?,29?,38-,39-/m0/s1. The van der Waals surface area contributed by atoms with E-state index in [9.17, 15) is 29.3 Å². The van der Waals surface area contributed by atoms with Crippen LogP contribution in [0.25, 0.3) is 0 Å². The number of ketones is 1. The second-order valence-corrected chi connectivity index (χ2v) is 13.1. The van der Waals surface area contributed by atoms with E-state index in [2.05, 4.69) is 11.2 Å². The lowest BCUT2D eigenvalue weighted by atomic mass is 9.84. The molecular weight excluding hydrogens is 748 g/mol. The minimum atomic E-state index is -1.11. The molecule has 0 radical (unpaired) electrons. The Morgan fingerprint density at radius 1 is 0.860 bits per heavy atom. The highest BCUT2D eigenvalue weighted by atomic mass is 16.7. The quantitative estimate of drug-likeness (QED) is 0.0333. The van der Waals surface area contributed by atoms with Crippen molar-refractivity contribution < 1.29 is 66.7 Å². The highest BCUT2D eigenvalue weighted by Crippen LogP contribution is 2.35. The van der Waals surface area contributed by atoms with Crippen molar-refractivity contribution in [1.29, 1.82) is 0 Å². The Labute approximate surface area is 332 Å². The Balaban J connectivity index is 1.52. The lowest BCUT2D eigenvalue weighted by Gasteiger charge is -2.42. The molecule has 17 heteroatoms. The highest BCUT2D eigenvalue weighted by molar-refractivity contribution is 5.93. The Bertz CT molecular complexity index is 1640. The van der Waals surface area contributed by atoms with Gasteiger partial charge < -0.3 is 47.9 Å². The van der Waals surface area contributed by atoms with Gasteiger partial charge in [0.2, 0.25) is 12.2 Å². The molecule has 0 aromatic heterocycles. The van der Waals surface area contributed by atoms with Crippen molar-refractivity contribution in [2.45, 2.75) is 78.5 Å². The average Bonchev–Trinajstić information content (AvgIpc) is 3.18. The number of Topliss-reactive ketones (excluding diaryl/α,β-unsaturated/α-hetero) is 1. The number of carbonyl (C=O) groups excluding carboxylic acids is 4. The van der Waals surface area contributed by atoms with Gasteiger partial charge in [-0.15, -0.1) is 6.42 Å². The molecule has 0 spiro atoms. The van der Waals surface area contributed by atoms with E-state index in [4.69, 9.17) is 49.1 Å². The van der Waals surface area contributed by atoms with Gasteiger partial charge in [0.1, 0.15) is 30.5 Å². The van der Waals surface area contributed by atoms with Crippen molar-refractivity contribution in [3.8, 4) is 23.8 Å². The van der Waals surface area contributed by atoms with E-state index < -0.39 is 35.3 Å². The first-order chi connectivity index (χ1) is 27.4. The fourth-order valence-corrected chi connectivity index (χ4v) is 5.51. The summed E-state index contributed by atoms with van der Waals surface area (Å²) >= 11 is 0. The SMILES string of the molecule is C#CCOCCOCCOCCOCCCC(=O)CCC(=O)Nc1ccc(O[C@@H]2OC(C)[C@@H](C)C(C)[C@@H]2OC(C)=O)c(COC(=O)Oc2ccc([N+](=O)[O-])cc2)c1. The number of nitrogens with one attached hydrogen (secondary N) is 1. The molecule has 5 atom stereocenters. The summed E-state index contributed by atoms with van der Waals surface area (Å²) in [4.78, 5) is 60.2. The van der Waals surface area contributed by atoms with E-state index in [1.54, 1.807) is 12.1 Å². The molecule has 312 valence electrons. The van der Waals surface area contributed by atoms with Gasteiger partial charge in [-0.3, -0.25) is 24.5 Å². The van der Waals surface area contributed by atoms with Crippen LogP contribution < -0.4 is 14.8 Å². The molecule has 3 rings (SSSR count). The molecule has 17 nitrogen and oxygen atoms in total. The minimum absolute atomic E-state index is 0.0183. The van der Waals surface area contributed by atoms with Gasteiger partial charge >= 0.3 is 12.1 Å². The van der Waals surface area contributed by atoms with Crippen LogP contribution in [0.5, 0.6) is 11.5 Å². The molecule has 1 heterocycles. The van der Waals surface area contributed by atoms with Gasteiger partial charge in [-0.2, -0.15) is 0 Å². The second-order valence-electron chi connectivity index (χ2n) is 13.1. The van der Waals surface area contributed by atoms with Crippen LogP contribution in [0, 0.1) is 34.3 Å². The Kier molecular flexibility index (Phi) is 20.5. The van der Waals surface area contributed by atoms with Crippen LogP contribution in [0.4, 0.5) is 16.2 Å². The van der Waals surface area contributed by atoms with Crippen molar-refractivity contribution in [2.24, 2.45) is 11.8 Å². The number of esters is 1.